The fourth-order valence-corrected chi connectivity index (χ4v) is 4.21. The lowest BCUT2D eigenvalue weighted by atomic mass is 9.92. The van der Waals surface area contributed by atoms with Crippen molar-refractivity contribution in [2.45, 2.75) is 45.6 Å². The molecule has 2 heterocycles. The molecule has 1 fully saturated rings. The van der Waals surface area contributed by atoms with Gasteiger partial charge in [-0.05, 0) is 13.3 Å². The highest BCUT2D eigenvalue weighted by atomic mass is 32.2. The summed E-state index contributed by atoms with van der Waals surface area (Å²) in [6, 6.07) is 1.59. The molecule has 6 nitrogen and oxygen atoms in total. The normalized spacial score (nSPS) is 20.9. The molecule has 24 heavy (non-hydrogen) atoms. The van der Waals surface area contributed by atoms with Crippen molar-refractivity contribution in [3.05, 3.63) is 36.1 Å². The molecule has 1 aliphatic rings. The SMILES string of the molecule is C/C=C/C=C/C(=O)Nc1cc(C(C)(C)C)nn1C1CCS(=O)(=O)C1. The zero-order valence-corrected chi connectivity index (χ0v) is 15.4. The molecule has 1 N–H and O–H groups in total. The summed E-state index contributed by atoms with van der Waals surface area (Å²) in [5, 5.41) is 7.39. The van der Waals surface area contributed by atoms with E-state index >= 15 is 0 Å². The second kappa shape index (κ2) is 6.93. The van der Waals surface area contributed by atoms with E-state index in [0.717, 1.165) is 5.69 Å². The molecule has 0 radical (unpaired) electrons. The average molecular weight is 351 g/mol. The van der Waals surface area contributed by atoms with Crippen LogP contribution in [0.1, 0.15) is 45.9 Å². The van der Waals surface area contributed by atoms with Crippen LogP contribution in [-0.2, 0) is 20.0 Å². The maximum absolute atomic E-state index is 12.0. The summed E-state index contributed by atoms with van der Waals surface area (Å²) in [6.45, 7) is 7.96. The van der Waals surface area contributed by atoms with Crippen LogP contribution in [0.4, 0.5) is 5.82 Å². The molecular formula is C17H25N3O3S. The van der Waals surface area contributed by atoms with Gasteiger partial charge in [-0.1, -0.05) is 39.0 Å². The van der Waals surface area contributed by atoms with Gasteiger partial charge in [-0.15, -0.1) is 0 Å². The first-order valence-corrected chi connectivity index (χ1v) is 9.85. The Morgan fingerprint density at radius 3 is 2.62 bits per heavy atom. The number of allylic oxidation sites excluding steroid dienone is 3. The minimum absolute atomic E-state index is 0.0650. The summed E-state index contributed by atoms with van der Waals surface area (Å²) in [6.07, 6.45) is 7.20. The van der Waals surface area contributed by atoms with Crippen molar-refractivity contribution < 1.29 is 13.2 Å². The predicted molar refractivity (Wildman–Crippen MR) is 95.8 cm³/mol. The number of sulfone groups is 1. The van der Waals surface area contributed by atoms with E-state index in [1.54, 1.807) is 16.8 Å². The Bertz CT molecular complexity index is 767. The fraction of sp³-hybridized carbons (Fsp3) is 0.529. The van der Waals surface area contributed by atoms with Crippen LogP contribution in [0.3, 0.4) is 0 Å². The van der Waals surface area contributed by atoms with Crippen molar-refractivity contribution in [2.75, 3.05) is 16.8 Å². The van der Waals surface area contributed by atoms with Gasteiger partial charge < -0.3 is 5.32 Å². The van der Waals surface area contributed by atoms with E-state index in [1.807, 2.05) is 39.8 Å². The van der Waals surface area contributed by atoms with Crippen molar-refractivity contribution in [2.24, 2.45) is 0 Å². The average Bonchev–Trinajstić information content (AvgIpc) is 3.02. The second-order valence-corrected chi connectivity index (χ2v) is 9.27. The highest BCUT2D eigenvalue weighted by molar-refractivity contribution is 7.91. The van der Waals surface area contributed by atoms with Gasteiger partial charge in [0.15, 0.2) is 9.84 Å². The first-order valence-electron chi connectivity index (χ1n) is 8.03. The van der Waals surface area contributed by atoms with E-state index in [4.69, 9.17) is 0 Å². The molecule has 0 spiro atoms. The van der Waals surface area contributed by atoms with Gasteiger partial charge in [-0.25, -0.2) is 13.1 Å². The molecule has 1 unspecified atom stereocenters. The van der Waals surface area contributed by atoms with Gasteiger partial charge in [0.25, 0.3) is 0 Å². The molecular weight excluding hydrogens is 326 g/mol. The van der Waals surface area contributed by atoms with Crippen LogP contribution in [0.2, 0.25) is 0 Å². The first kappa shape index (κ1) is 18.4. The minimum atomic E-state index is -3.03. The second-order valence-electron chi connectivity index (χ2n) is 7.04. The third-order valence-electron chi connectivity index (χ3n) is 3.86. The van der Waals surface area contributed by atoms with Gasteiger partial charge in [-0.2, -0.15) is 5.10 Å². The number of nitrogens with zero attached hydrogens (tertiary/aromatic N) is 2. The molecule has 2 rings (SSSR count). The summed E-state index contributed by atoms with van der Waals surface area (Å²) in [7, 11) is -3.03. The lowest BCUT2D eigenvalue weighted by Gasteiger charge is -2.15. The molecule has 1 aliphatic heterocycles. The largest absolute Gasteiger partial charge is 0.307 e. The standard InChI is InChI=1S/C17H25N3O3S/c1-5-6-7-8-16(21)18-15-11-14(17(2,3)4)19-20(15)13-9-10-24(22,23)12-13/h5-8,11,13H,9-10,12H2,1-4H3,(H,18,21)/b6-5+,8-7+. The lowest BCUT2D eigenvalue weighted by Crippen LogP contribution is -2.19. The van der Waals surface area contributed by atoms with E-state index in [-0.39, 0.29) is 28.9 Å². The first-order chi connectivity index (χ1) is 11.1. The number of nitrogens with one attached hydrogen (secondary N) is 1. The Morgan fingerprint density at radius 2 is 2.08 bits per heavy atom. The topological polar surface area (TPSA) is 81.1 Å². The molecule has 1 saturated heterocycles. The highest BCUT2D eigenvalue weighted by Crippen LogP contribution is 2.30. The van der Waals surface area contributed by atoms with Crippen molar-refractivity contribution in [1.82, 2.24) is 9.78 Å². The number of carbonyl (C=O) groups is 1. The summed E-state index contributed by atoms with van der Waals surface area (Å²) in [4.78, 5) is 12.0. The van der Waals surface area contributed by atoms with Gasteiger partial charge >= 0.3 is 0 Å². The molecule has 1 atom stereocenters. The summed E-state index contributed by atoms with van der Waals surface area (Å²) >= 11 is 0. The Balaban J connectivity index is 2.31. The molecule has 1 aromatic heterocycles. The van der Waals surface area contributed by atoms with Crippen molar-refractivity contribution in [3.8, 4) is 0 Å². The third-order valence-corrected chi connectivity index (χ3v) is 5.61. The summed E-state index contributed by atoms with van der Waals surface area (Å²) in [5.74, 6) is 0.500. The monoisotopic (exact) mass is 351 g/mol. The van der Waals surface area contributed by atoms with E-state index in [9.17, 15) is 13.2 Å². The molecule has 0 aliphatic carbocycles. The Labute approximate surface area is 143 Å². The van der Waals surface area contributed by atoms with Gasteiger partial charge in [0.2, 0.25) is 5.91 Å². The van der Waals surface area contributed by atoms with Crippen LogP contribution in [0.5, 0.6) is 0 Å². The summed E-state index contributed by atoms with van der Waals surface area (Å²) < 4.78 is 25.2. The number of carbonyl (C=O) groups excluding carboxylic acids is 1. The third kappa shape index (κ3) is 4.56. The van der Waals surface area contributed by atoms with E-state index < -0.39 is 9.84 Å². The number of aromatic nitrogens is 2. The van der Waals surface area contributed by atoms with Crippen LogP contribution >= 0.6 is 0 Å². The zero-order chi connectivity index (χ0) is 18.0. The Morgan fingerprint density at radius 1 is 1.38 bits per heavy atom. The van der Waals surface area contributed by atoms with Crippen molar-refractivity contribution in [3.63, 3.8) is 0 Å². The van der Waals surface area contributed by atoms with E-state index in [2.05, 4.69) is 10.4 Å². The molecule has 0 saturated carbocycles. The van der Waals surface area contributed by atoms with Gasteiger partial charge in [0.1, 0.15) is 5.82 Å². The van der Waals surface area contributed by atoms with Crippen LogP contribution in [-0.4, -0.2) is 35.6 Å². The molecule has 1 amide bonds. The van der Waals surface area contributed by atoms with Crippen LogP contribution in [0, 0.1) is 0 Å². The predicted octanol–water partition coefficient (Wildman–Crippen LogP) is 2.61. The number of amides is 1. The van der Waals surface area contributed by atoms with Gasteiger partial charge in [0.05, 0.1) is 23.2 Å². The number of hydrogen-bond donors (Lipinski definition) is 1. The van der Waals surface area contributed by atoms with E-state index in [1.165, 1.54) is 6.08 Å². The van der Waals surface area contributed by atoms with Crippen molar-refractivity contribution >= 4 is 21.6 Å². The van der Waals surface area contributed by atoms with Crippen molar-refractivity contribution in [1.29, 1.82) is 0 Å². The highest BCUT2D eigenvalue weighted by Gasteiger charge is 2.32. The van der Waals surface area contributed by atoms with Gasteiger partial charge in [0, 0.05) is 17.6 Å². The number of hydrogen-bond acceptors (Lipinski definition) is 4. The van der Waals surface area contributed by atoms with Crippen LogP contribution in [0.25, 0.3) is 0 Å². The Kier molecular flexibility index (Phi) is 5.32. The molecule has 0 aromatic carbocycles. The smallest absolute Gasteiger partial charge is 0.249 e. The van der Waals surface area contributed by atoms with Gasteiger partial charge in [-0.3, -0.25) is 4.79 Å². The Hall–Kier alpha value is -1.89. The fourth-order valence-electron chi connectivity index (χ4n) is 2.52. The molecule has 132 valence electrons. The number of anilines is 1. The van der Waals surface area contributed by atoms with Crippen LogP contribution in [0.15, 0.2) is 30.4 Å². The molecule has 1 aromatic rings. The number of rotatable bonds is 4. The van der Waals surface area contributed by atoms with Crippen LogP contribution < -0.4 is 5.32 Å². The zero-order valence-electron chi connectivity index (χ0n) is 14.6. The quantitative estimate of drug-likeness (QED) is 0.668. The minimum Gasteiger partial charge on any atom is -0.307 e. The lowest BCUT2D eigenvalue weighted by molar-refractivity contribution is -0.112. The van der Waals surface area contributed by atoms with E-state index in [0.29, 0.717) is 12.2 Å². The maximum atomic E-state index is 12.0. The molecule has 7 heteroatoms. The summed E-state index contributed by atoms with van der Waals surface area (Å²) in [5.41, 5.74) is 0.628. The molecule has 0 bridgehead atoms. The maximum Gasteiger partial charge on any atom is 0.249 e.